The maximum absolute atomic E-state index is 12.1. The van der Waals surface area contributed by atoms with E-state index in [0.717, 1.165) is 16.5 Å². The lowest BCUT2D eigenvalue weighted by Crippen LogP contribution is -2.27. The Labute approximate surface area is 124 Å². The minimum Gasteiger partial charge on any atom is -0.352 e. The molecule has 2 rings (SSSR count). The first-order chi connectivity index (χ1) is 9.70. The molecule has 0 spiro atoms. The fraction of sp³-hybridized carbons (Fsp3) is 0.154. The van der Waals surface area contributed by atoms with Crippen LogP contribution in [-0.4, -0.2) is 22.4 Å². The standard InChI is InChI=1S/C13H14BrN5O/c14-10-7-11(12(19-15)18-8-10)13(20)17-6-3-9-1-4-16-5-2-9/h1-2,4-5,7-8H,3,6,15H2,(H,17,20)(H,18,19). The van der Waals surface area contributed by atoms with Crippen molar-refractivity contribution in [1.29, 1.82) is 0 Å². The van der Waals surface area contributed by atoms with Gasteiger partial charge in [0.2, 0.25) is 0 Å². The molecule has 4 N–H and O–H groups in total. The quantitative estimate of drug-likeness (QED) is 0.568. The Morgan fingerprint density at radius 2 is 2.10 bits per heavy atom. The predicted octanol–water partition coefficient (Wildman–Crippen LogP) is 1.50. The molecule has 2 heterocycles. The molecule has 0 saturated heterocycles. The lowest BCUT2D eigenvalue weighted by molar-refractivity contribution is 0.0954. The number of pyridine rings is 2. The van der Waals surface area contributed by atoms with Gasteiger partial charge in [-0.3, -0.25) is 9.78 Å². The van der Waals surface area contributed by atoms with E-state index in [9.17, 15) is 4.79 Å². The average Bonchev–Trinajstić information content (AvgIpc) is 2.48. The van der Waals surface area contributed by atoms with Gasteiger partial charge in [-0.05, 0) is 46.1 Å². The van der Waals surface area contributed by atoms with Gasteiger partial charge in [0, 0.05) is 29.6 Å². The van der Waals surface area contributed by atoms with Crippen molar-refractivity contribution in [3.05, 3.63) is 52.4 Å². The molecular weight excluding hydrogens is 322 g/mol. The van der Waals surface area contributed by atoms with Gasteiger partial charge in [-0.15, -0.1) is 0 Å². The Balaban J connectivity index is 1.97. The number of hydrogen-bond acceptors (Lipinski definition) is 5. The van der Waals surface area contributed by atoms with Crippen LogP contribution in [0, 0.1) is 0 Å². The number of anilines is 1. The molecule has 0 radical (unpaired) electrons. The lowest BCUT2D eigenvalue weighted by Gasteiger charge is -2.09. The van der Waals surface area contributed by atoms with Crippen LogP contribution in [0.4, 0.5) is 5.82 Å². The number of rotatable bonds is 5. The molecule has 104 valence electrons. The average molecular weight is 336 g/mol. The molecule has 2 aromatic rings. The number of halogens is 1. The number of nitrogens with two attached hydrogens (primary N) is 1. The van der Waals surface area contributed by atoms with Crippen molar-refractivity contribution >= 4 is 27.7 Å². The van der Waals surface area contributed by atoms with Gasteiger partial charge in [-0.2, -0.15) is 0 Å². The lowest BCUT2D eigenvalue weighted by atomic mass is 10.2. The van der Waals surface area contributed by atoms with Crippen LogP contribution >= 0.6 is 15.9 Å². The number of nitrogens with one attached hydrogen (secondary N) is 2. The number of hydrogen-bond donors (Lipinski definition) is 3. The zero-order valence-electron chi connectivity index (χ0n) is 10.6. The minimum absolute atomic E-state index is 0.221. The molecule has 0 aromatic carbocycles. The summed E-state index contributed by atoms with van der Waals surface area (Å²) in [4.78, 5) is 20.1. The van der Waals surface area contributed by atoms with Crippen LogP contribution in [0.2, 0.25) is 0 Å². The normalized spacial score (nSPS) is 10.1. The smallest absolute Gasteiger partial charge is 0.255 e. The van der Waals surface area contributed by atoms with E-state index in [2.05, 4.69) is 36.6 Å². The molecule has 2 aromatic heterocycles. The van der Waals surface area contributed by atoms with Crippen LogP contribution in [0.15, 0.2) is 41.3 Å². The molecule has 0 unspecified atom stereocenters. The molecule has 0 aliphatic heterocycles. The number of nitrogen functional groups attached to an aromatic ring is 1. The molecule has 0 aliphatic carbocycles. The highest BCUT2D eigenvalue weighted by atomic mass is 79.9. The summed E-state index contributed by atoms with van der Waals surface area (Å²) in [5, 5.41) is 2.83. The van der Waals surface area contributed by atoms with Crippen LogP contribution < -0.4 is 16.6 Å². The summed E-state index contributed by atoms with van der Waals surface area (Å²) in [6.45, 7) is 0.527. The Bertz CT molecular complexity index is 591. The number of hydrazine groups is 1. The van der Waals surface area contributed by atoms with Gasteiger partial charge in [0.1, 0.15) is 0 Å². The van der Waals surface area contributed by atoms with Crippen LogP contribution in [0.5, 0.6) is 0 Å². The highest BCUT2D eigenvalue weighted by molar-refractivity contribution is 9.10. The predicted molar refractivity (Wildman–Crippen MR) is 80.0 cm³/mol. The Morgan fingerprint density at radius 1 is 1.35 bits per heavy atom. The summed E-state index contributed by atoms with van der Waals surface area (Å²) in [6, 6.07) is 5.50. The number of carbonyl (C=O) groups is 1. The van der Waals surface area contributed by atoms with Gasteiger partial charge in [-0.1, -0.05) is 0 Å². The third kappa shape index (κ3) is 3.75. The summed E-state index contributed by atoms with van der Waals surface area (Å²) >= 11 is 3.28. The van der Waals surface area contributed by atoms with E-state index < -0.39 is 0 Å². The zero-order valence-corrected chi connectivity index (χ0v) is 12.2. The van der Waals surface area contributed by atoms with E-state index in [-0.39, 0.29) is 5.91 Å². The van der Waals surface area contributed by atoms with E-state index >= 15 is 0 Å². The van der Waals surface area contributed by atoms with Gasteiger partial charge in [0.25, 0.3) is 5.91 Å². The Hall–Kier alpha value is -1.99. The van der Waals surface area contributed by atoms with Crippen LogP contribution in [0.3, 0.4) is 0 Å². The second kappa shape index (κ2) is 6.97. The summed E-state index contributed by atoms with van der Waals surface area (Å²) < 4.78 is 0.718. The maximum Gasteiger partial charge on any atom is 0.255 e. The zero-order chi connectivity index (χ0) is 14.4. The molecule has 0 aliphatic rings. The summed E-state index contributed by atoms with van der Waals surface area (Å²) in [5.41, 5.74) is 3.93. The molecule has 1 amide bonds. The van der Waals surface area contributed by atoms with Gasteiger partial charge in [0.15, 0.2) is 5.82 Å². The van der Waals surface area contributed by atoms with Crippen molar-refractivity contribution in [3.63, 3.8) is 0 Å². The molecule has 7 heteroatoms. The molecule has 0 fully saturated rings. The highest BCUT2D eigenvalue weighted by Gasteiger charge is 2.12. The summed E-state index contributed by atoms with van der Waals surface area (Å²) in [7, 11) is 0. The van der Waals surface area contributed by atoms with Crippen LogP contribution in [0.1, 0.15) is 15.9 Å². The first-order valence-corrected chi connectivity index (χ1v) is 6.79. The van der Waals surface area contributed by atoms with Crippen molar-refractivity contribution in [2.45, 2.75) is 6.42 Å². The van der Waals surface area contributed by atoms with Crippen molar-refractivity contribution in [2.24, 2.45) is 5.84 Å². The van der Waals surface area contributed by atoms with E-state index in [1.165, 1.54) is 0 Å². The summed E-state index contributed by atoms with van der Waals surface area (Å²) in [6.07, 6.45) is 5.77. The number of aromatic nitrogens is 2. The van der Waals surface area contributed by atoms with Crippen molar-refractivity contribution in [1.82, 2.24) is 15.3 Å². The van der Waals surface area contributed by atoms with Gasteiger partial charge < -0.3 is 10.7 Å². The molecule has 0 saturated carbocycles. The van der Waals surface area contributed by atoms with Gasteiger partial charge in [0.05, 0.1) is 5.56 Å². The van der Waals surface area contributed by atoms with E-state index in [1.54, 1.807) is 24.7 Å². The van der Waals surface area contributed by atoms with Crippen molar-refractivity contribution in [2.75, 3.05) is 12.0 Å². The maximum atomic E-state index is 12.1. The molecular formula is C13H14BrN5O. The van der Waals surface area contributed by atoms with Crippen molar-refractivity contribution in [3.8, 4) is 0 Å². The molecule has 0 bridgehead atoms. The monoisotopic (exact) mass is 335 g/mol. The van der Waals surface area contributed by atoms with Crippen LogP contribution in [-0.2, 0) is 6.42 Å². The molecule has 20 heavy (non-hydrogen) atoms. The van der Waals surface area contributed by atoms with E-state index in [4.69, 9.17) is 5.84 Å². The third-order valence-electron chi connectivity index (χ3n) is 2.68. The largest absolute Gasteiger partial charge is 0.352 e. The highest BCUT2D eigenvalue weighted by Crippen LogP contribution is 2.17. The number of carbonyl (C=O) groups excluding carboxylic acids is 1. The third-order valence-corrected chi connectivity index (χ3v) is 3.12. The van der Waals surface area contributed by atoms with Gasteiger partial charge in [-0.25, -0.2) is 10.8 Å². The topological polar surface area (TPSA) is 92.9 Å². The molecule has 0 atom stereocenters. The molecule has 6 nitrogen and oxygen atoms in total. The van der Waals surface area contributed by atoms with Gasteiger partial charge >= 0.3 is 0 Å². The second-order valence-corrected chi connectivity index (χ2v) is 4.97. The Kier molecular flexibility index (Phi) is 5.03. The van der Waals surface area contributed by atoms with E-state index in [0.29, 0.717) is 17.9 Å². The van der Waals surface area contributed by atoms with Crippen LogP contribution in [0.25, 0.3) is 0 Å². The number of nitrogens with zero attached hydrogens (tertiary/aromatic N) is 2. The second-order valence-electron chi connectivity index (χ2n) is 4.06. The number of amides is 1. The fourth-order valence-electron chi connectivity index (χ4n) is 1.69. The first-order valence-electron chi connectivity index (χ1n) is 6.00. The summed E-state index contributed by atoms with van der Waals surface area (Å²) in [5.74, 6) is 5.46. The minimum atomic E-state index is -0.221. The van der Waals surface area contributed by atoms with Crippen molar-refractivity contribution < 1.29 is 4.79 Å². The first kappa shape index (κ1) is 14.4. The van der Waals surface area contributed by atoms with E-state index in [1.807, 2.05) is 12.1 Å². The SMILES string of the molecule is NNc1ncc(Br)cc1C(=O)NCCc1ccncc1. The fourth-order valence-corrected chi connectivity index (χ4v) is 2.02. The Morgan fingerprint density at radius 3 is 2.80 bits per heavy atom.